The molecule has 0 spiro atoms. The van der Waals surface area contributed by atoms with Crippen LogP contribution in [0.2, 0.25) is 0 Å². The molecule has 1 atom stereocenters. The van der Waals surface area contributed by atoms with Crippen molar-refractivity contribution in [3.8, 4) is 5.75 Å². The molecule has 3 amide bonds. The quantitative estimate of drug-likeness (QED) is 0.543. The molecule has 2 fully saturated rings. The molecule has 36 heavy (non-hydrogen) atoms. The van der Waals surface area contributed by atoms with Gasteiger partial charge in [-0.3, -0.25) is 14.4 Å². The summed E-state index contributed by atoms with van der Waals surface area (Å²) in [6.45, 7) is 8.08. The second-order valence-electron chi connectivity index (χ2n) is 10.4. The summed E-state index contributed by atoms with van der Waals surface area (Å²) in [5.41, 5.74) is -0.280. The number of amides is 3. The third-order valence-corrected chi connectivity index (χ3v) is 7.60. The van der Waals surface area contributed by atoms with E-state index >= 15 is 0 Å². The van der Waals surface area contributed by atoms with Gasteiger partial charge in [-0.25, -0.2) is 0 Å². The Labute approximate surface area is 216 Å². The number of nitrogens with zero attached hydrogens (tertiary/aromatic N) is 4. The highest BCUT2D eigenvalue weighted by Crippen LogP contribution is 2.29. The minimum Gasteiger partial charge on any atom is -0.494 e. The lowest BCUT2D eigenvalue weighted by Gasteiger charge is -2.34. The van der Waals surface area contributed by atoms with Gasteiger partial charge in [0, 0.05) is 43.9 Å². The number of anilines is 1. The fraction of sp³-hybridized carbons (Fsp3) is 0.577. The normalized spacial score (nSPS) is 19.0. The summed E-state index contributed by atoms with van der Waals surface area (Å²) >= 11 is 1.39. The summed E-state index contributed by atoms with van der Waals surface area (Å²) in [7, 11) is 0. The lowest BCUT2D eigenvalue weighted by atomic mass is 9.94. The first-order valence-corrected chi connectivity index (χ1v) is 13.4. The van der Waals surface area contributed by atoms with Crippen LogP contribution < -0.4 is 10.1 Å². The second-order valence-corrected chi connectivity index (χ2v) is 11.5. The topological polar surface area (TPSA) is 105 Å². The van der Waals surface area contributed by atoms with Crippen molar-refractivity contribution >= 4 is 34.2 Å². The van der Waals surface area contributed by atoms with Crippen LogP contribution in [0.25, 0.3) is 0 Å². The summed E-state index contributed by atoms with van der Waals surface area (Å²) in [4.78, 5) is 41.7. The zero-order valence-electron chi connectivity index (χ0n) is 21.2. The number of aromatic nitrogens is 2. The van der Waals surface area contributed by atoms with Crippen LogP contribution in [0.15, 0.2) is 30.3 Å². The maximum atomic E-state index is 13.0. The van der Waals surface area contributed by atoms with Crippen molar-refractivity contribution in [1.29, 1.82) is 0 Å². The SMILES string of the molecule is CC(C)(C)N1CC(C(=O)N2CCC(C(=O)Nc3nnc(CCCOc4ccccc4)s3)CC2)CC1=O. The van der Waals surface area contributed by atoms with E-state index < -0.39 is 0 Å². The number of carbonyl (C=O) groups is 3. The molecule has 9 nitrogen and oxygen atoms in total. The molecule has 2 aliphatic heterocycles. The van der Waals surface area contributed by atoms with Gasteiger partial charge in [0.25, 0.3) is 0 Å². The van der Waals surface area contributed by atoms with Crippen LogP contribution in [0.3, 0.4) is 0 Å². The van der Waals surface area contributed by atoms with Crippen LogP contribution in [-0.2, 0) is 20.8 Å². The summed E-state index contributed by atoms with van der Waals surface area (Å²) in [5, 5.41) is 12.6. The third kappa shape index (κ3) is 6.60. The summed E-state index contributed by atoms with van der Waals surface area (Å²) in [6.07, 6.45) is 3.02. The summed E-state index contributed by atoms with van der Waals surface area (Å²) in [5.74, 6) is 0.373. The molecule has 2 saturated heterocycles. The molecule has 1 aromatic heterocycles. The molecule has 4 rings (SSSR count). The van der Waals surface area contributed by atoms with Gasteiger partial charge < -0.3 is 19.9 Å². The number of hydrogen-bond donors (Lipinski definition) is 1. The highest BCUT2D eigenvalue weighted by molar-refractivity contribution is 7.15. The maximum absolute atomic E-state index is 13.0. The Hall–Kier alpha value is -3.01. The first-order valence-electron chi connectivity index (χ1n) is 12.6. The Morgan fingerprint density at radius 2 is 1.83 bits per heavy atom. The highest BCUT2D eigenvalue weighted by Gasteiger charge is 2.41. The van der Waals surface area contributed by atoms with Crippen molar-refractivity contribution < 1.29 is 19.1 Å². The van der Waals surface area contributed by atoms with Crippen molar-refractivity contribution in [2.45, 2.75) is 58.4 Å². The molecule has 1 aromatic carbocycles. The third-order valence-electron chi connectivity index (χ3n) is 6.71. The average molecular weight is 514 g/mol. The van der Waals surface area contributed by atoms with Gasteiger partial charge in [0.1, 0.15) is 10.8 Å². The monoisotopic (exact) mass is 513 g/mol. The molecule has 2 aromatic rings. The van der Waals surface area contributed by atoms with Crippen molar-refractivity contribution in [2.24, 2.45) is 11.8 Å². The first kappa shape index (κ1) is 26.1. The highest BCUT2D eigenvalue weighted by atomic mass is 32.1. The van der Waals surface area contributed by atoms with Crippen molar-refractivity contribution in [3.63, 3.8) is 0 Å². The molecule has 0 saturated carbocycles. The molecule has 1 unspecified atom stereocenters. The largest absolute Gasteiger partial charge is 0.494 e. The number of hydrogen-bond acceptors (Lipinski definition) is 7. The van der Waals surface area contributed by atoms with Crippen LogP contribution in [0.5, 0.6) is 5.75 Å². The predicted molar refractivity (Wildman–Crippen MR) is 138 cm³/mol. The lowest BCUT2D eigenvalue weighted by Crippen LogP contribution is -2.46. The van der Waals surface area contributed by atoms with Crippen LogP contribution in [0.1, 0.15) is 51.5 Å². The molecule has 10 heteroatoms. The summed E-state index contributed by atoms with van der Waals surface area (Å²) < 4.78 is 5.70. The van der Waals surface area contributed by atoms with E-state index in [-0.39, 0.29) is 41.5 Å². The van der Waals surface area contributed by atoms with E-state index in [0.29, 0.717) is 44.2 Å². The average Bonchev–Trinajstić information content (AvgIpc) is 3.48. The fourth-order valence-corrected chi connectivity index (χ4v) is 5.47. The van der Waals surface area contributed by atoms with E-state index in [9.17, 15) is 14.4 Å². The molecule has 0 bridgehead atoms. The fourth-order valence-electron chi connectivity index (χ4n) is 4.68. The number of nitrogens with one attached hydrogen (secondary N) is 1. The van der Waals surface area contributed by atoms with Crippen LogP contribution in [0, 0.1) is 11.8 Å². The summed E-state index contributed by atoms with van der Waals surface area (Å²) in [6, 6.07) is 9.68. The number of ether oxygens (including phenoxy) is 1. The second kappa shape index (κ2) is 11.4. The van der Waals surface area contributed by atoms with Gasteiger partial charge in [0.05, 0.1) is 12.5 Å². The molecule has 194 valence electrons. The first-order chi connectivity index (χ1) is 17.2. The van der Waals surface area contributed by atoms with Gasteiger partial charge in [0.15, 0.2) is 0 Å². The van der Waals surface area contributed by atoms with Gasteiger partial charge in [-0.2, -0.15) is 0 Å². The van der Waals surface area contributed by atoms with E-state index in [0.717, 1.165) is 23.6 Å². The smallest absolute Gasteiger partial charge is 0.229 e. The standard InChI is InChI=1S/C26H35N5O4S/c1-26(2,3)31-17-19(16-22(31)32)24(34)30-13-11-18(12-14-30)23(33)27-25-29-28-21(36-25)10-7-15-35-20-8-5-4-6-9-20/h4-6,8-9,18-19H,7,10-17H2,1-3H3,(H,27,29,33). The molecule has 1 N–H and O–H groups in total. The van der Waals surface area contributed by atoms with E-state index in [1.54, 1.807) is 4.90 Å². The van der Waals surface area contributed by atoms with Gasteiger partial charge in [0.2, 0.25) is 22.9 Å². The minimum atomic E-state index is -0.292. The zero-order valence-corrected chi connectivity index (χ0v) is 22.1. The molecular weight excluding hydrogens is 478 g/mol. The molecule has 0 radical (unpaired) electrons. The number of carbonyl (C=O) groups excluding carboxylic acids is 3. The Morgan fingerprint density at radius 1 is 1.11 bits per heavy atom. The molecule has 3 heterocycles. The number of likely N-dealkylation sites (tertiary alicyclic amines) is 2. The zero-order chi connectivity index (χ0) is 25.7. The number of aryl methyl sites for hydroxylation is 1. The van der Waals surface area contributed by atoms with Crippen LogP contribution in [0.4, 0.5) is 5.13 Å². The van der Waals surface area contributed by atoms with Gasteiger partial charge in [-0.05, 0) is 52.2 Å². The Kier molecular flexibility index (Phi) is 8.23. The lowest BCUT2D eigenvalue weighted by molar-refractivity contribution is -0.138. The van der Waals surface area contributed by atoms with E-state index in [1.807, 2.05) is 56.0 Å². The van der Waals surface area contributed by atoms with Crippen molar-refractivity contribution in [2.75, 3.05) is 31.6 Å². The van der Waals surface area contributed by atoms with Gasteiger partial charge in [-0.15, -0.1) is 10.2 Å². The Morgan fingerprint density at radius 3 is 2.50 bits per heavy atom. The Balaban J connectivity index is 1.18. The number of benzene rings is 1. The molecule has 0 aliphatic carbocycles. The minimum absolute atomic E-state index is 0.0268. The van der Waals surface area contributed by atoms with Crippen molar-refractivity contribution in [1.82, 2.24) is 20.0 Å². The van der Waals surface area contributed by atoms with Crippen molar-refractivity contribution in [3.05, 3.63) is 35.3 Å². The van der Waals surface area contributed by atoms with Gasteiger partial charge >= 0.3 is 0 Å². The van der Waals surface area contributed by atoms with E-state index in [2.05, 4.69) is 15.5 Å². The maximum Gasteiger partial charge on any atom is 0.229 e. The molecular formula is C26H35N5O4S. The van der Waals surface area contributed by atoms with Crippen LogP contribution in [-0.4, -0.2) is 69.5 Å². The molecule has 2 aliphatic rings. The van der Waals surface area contributed by atoms with E-state index in [1.165, 1.54) is 11.3 Å². The van der Waals surface area contributed by atoms with Gasteiger partial charge in [-0.1, -0.05) is 29.5 Å². The number of piperidine rings is 1. The Bertz CT molecular complexity index is 1060. The van der Waals surface area contributed by atoms with E-state index in [4.69, 9.17) is 4.74 Å². The number of para-hydroxylation sites is 1. The van der Waals surface area contributed by atoms with Crippen LogP contribution >= 0.6 is 11.3 Å². The predicted octanol–water partition coefficient (Wildman–Crippen LogP) is 3.37. The number of rotatable bonds is 8.